The lowest BCUT2D eigenvalue weighted by atomic mass is 10.2. The highest BCUT2D eigenvalue weighted by atomic mass is 35.5. The minimum Gasteiger partial charge on any atom is -0.382 e. The quantitative estimate of drug-likeness (QED) is 0.414. The van der Waals surface area contributed by atoms with E-state index in [9.17, 15) is 17.6 Å². The molecule has 1 aromatic carbocycles. The number of nitrogen functional groups attached to an aromatic ring is 1. The number of rotatable bonds is 6. The molecule has 12 heteroatoms. The molecule has 0 aliphatic carbocycles. The van der Waals surface area contributed by atoms with Crippen LogP contribution in [0.1, 0.15) is 5.56 Å². The van der Waals surface area contributed by atoms with Gasteiger partial charge < -0.3 is 11.1 Å². The summed E-state index contributed by atoms with van der Waals surface area (Å²) in [5.74, 6) is -1.12. The number of nitrogens with two attached hydrogens (primary N) is 1. The van der Waals surface area contributed by atoms with Crippen molar-refractivity contribution in [3.63, 3.8) is 0 Å². The zero-order chi connectivity index (χ0) is 21.2. The van der Waals surface area contributed by atoms with Gasteiger partial charge >= 0.3 is 0 Å². The molecule has 3 rings (SSSR count). The Morgan fingerprint density at radius 3 is 2.72 bits per heavy atom. The number of thioether (sulfide) groups is 1. The van der Waals surface area contributed by atoms with Gasteiger partial charge in [0, 0.05) is 5.69 Å². The second-order valence-electron chi connectivity index (χ2n) is 5.76. The summed E-state index contributed by atoms with van der Waals surface area (Å²) in [5, 5.41) is 2.70. The largest absolute Gasteiger partial charge is 0.382 e. The van der Waals surface area contributed by atoms with Gasteiger partial charge in [0.05, 0.1) is 16.3 Å². The van der Waals surface area contributed by atoms with E-state index in [1.807, 2.05) is 0 Å². The maximum Gasteiger partial charge on any atom is 0.234 e. The highest BCUT2D eigenvalue weighted by Crippen LogP contribution is 2.32. The Morgan fingerprint density at radius 2 is 2.10 bits per heavy atom. The van der Waals surface area contributed by atoms with Crippen LogP contribution in [-0.2, 0) is 14.6 Å². The third kappa shape index (κ3) is 5.04. The number of carbonyl (C=O) groups excluding carboxylic acids is 1. The summed E-state index contributed by atoms with van der Waals surface area (Å²) in [6, 6.07) is 7.22. The maximum atomic E-state index is 13.5. The van der Waals surface area contributed by atoms with Crippen molar-refractivity contribution in [1.82, 2.24) is 9.97 Å². The van der Waals surface area contributed by atoms with Gasteiger partial charge in [0.2, 0.25) is 15.7 Å². The Balaban J connectivity index is 1.67. The number of hydrogen-bond donors (Lipinski definition) is 2. The Labute approximate surface area is 179 Å². The Hall–Kier alpha value is -2.21. The number of hydrogen-bond acceptors (Lipinski definition) is 8. The van der Waals surface area contributed by atoms with E-state index in [-0.39, 0.29) is 25.8 Å². The molecule has 0 saturated carbocycles. The lowest BCUT2D eigenvalue weighted by Gasteiger charge is -2.08. The first-order chi connectivity index (χ1) is 13.7. The van der Waals surface area contributed by atoms with Crippen LogP contribution in [0.5, 0.6) is 0 Å². The summed E-state index contributed by atoms with van der Waals surface area (Å²) in [7, 11) is -3.89. The van der Waals surface area contributed by atoms with Crippen LogP contribution in [0.3, 0.4) is 0 Å². The van der Waals surface area contributed by atoms with Gasteiger partial charge in [-0.2, -0.15) is 0 Å². The van der Waals surface area contributed by atoms with Crippen LogP contribution in [0.25, 0.3) is 0 Å². The number of aryl methyl sites for hydroxylation is 1. The van der Waals surface area contributed by atoms with Crippen molar-refractivity contribution < 1.29 is 17.6 Å². The molecule has 0 aliphatic rings. The number of anilines is 2. The summed E-state index contributed by atoms with van der Waals surface area (Å²) in [6.07, 6.45) is 1.10. The van der Waals surface area contributed by atoms with Crippen LogP contribution in [-0.4, -0.2) is 30.0 Å². The van der Waals surface area contributed by atoms with E-state index in [0.717, 1.165) is 29.3 Å². The fraction of sp³-hybridized carbons (Fsp3) is 0.118. The number of thiophene rings is 1. The third-order valence-corrected chi connectivity index (χ3v) is 8.01. The van der Waals surface area contributed by atoms with Crippen LogP contribution in [0.4, 0.5) is 15.9 Å². The second-order valence-corrected chi connectivity index (χ2v) is 10.6. The second kappa shape index (κ2) is 8.66. The number of halogens is 2. The van der Waals surface area contributed by atoms with E-state index >= 15 is 0 Å². The van der Waals surface area contributed by atoms with E-state index in [2.05, 4.69) is 15.3 Å². The van der Waals surface area contributed by atoms with Crippen molar-refractivity contribution in [1.29, 1.82) is 0 Å². The minimum absolute atomic E-state index is 0.0305. The van der Waals surface area contributed by atoms with E-state index in [4.69, 9.17) is 17.3 Å². The number of carbonyl (C=O) groups is 1. The number of sulfone groups is 1. The van der Waals surface area contributed by atoms with Crippen LogP contribution in [0.15, 0.2) is 50.8 Å². The molecule has 0 aliphatic heterocycles. The molecule has 0 saturated heterocycles. The molecule has 2 aromatic heterocycles. The lowest BCUT2D eigenvalue weighted by molar-refractivity contribution is -0.113. The summed E-state index contributed by atoms with van der Waals surface area (Å²) in [6.45, 7) is 1.62. The van der Waals surface area contributed by atoms with Crippen LogP contribution in [0, 0.1) is 12.7 Å². The first kappa shape index (κ1) is 21.5. The molecule has 0 bridgehead atoms. The Morgan fingerprint density at radius 1 is 1.34 bits per heavy atom. The molecule has 3 aromatic rings. The standard InChI is InChI=1S/C17H14ClFN4O3S3/c1-9-2-3-10(6-11(9)19)22-14(24)8-27-17-21-7-12(16(20)23-17)29(25,26)15-5-4-13(18)28-15/h2-7H,8H2,1H3,(H,22,24)(H2,20,21,23). The van der Waals surface area contributed by atoms with E-state index < -0.39 is 21.6 Å². The van der Waals surface area contributed by atoms with Gasteiger partial charge in [0.1, 0.15) is 20.7 Å². The van der Waals surface area contributed by atoms with Crippen molar-refractivity contribution in [2.24, 2.45) is 0 Å². The summed E-state index contributed by atoms with van der Waals surface area (Å²) >= 11 is 7.66. The molecule has 0 spiro atoms. The van der Waals surface area contributed by atoms with Gasteiger partial charge in [-0.1, -0.05) is 29.4 Å². The number of nitrogens with zero attached hydrogens (tertiary/aromatic N) is 2. The monoisotopic (exact) mass is 472 g/mol. The van der Waals surface area contributed by atoms with Crippen molar-refractivity contribution >= 4 is 61.9 Å². The Kier molecular flexibility index (Phi) is 6.42. The summed E-state index contributed by atoms with van der Waals surface area (Å²) in [5.41, 5.74) is 6.60. The van der Waals surface area contributed by atoms with E-state index in [1.54, 1.807) is 19.1 Å². The number of benzene rings is 1. The molecule has 3 N–H and O–H groups in total. The van der Waals surface area contributed by atoms with E-state index in [0.29, 0.717) is 15.6 Å². The fourth-order valence-electron chi connectivity index (χ4n) is 2.19. The van der Waals surface area contributed by atoms with E-state index in [1.165, 1.54) is 18.2 Å². The number of aromatic nitrogens is 2. The highest BCUT2D eigenvalue weighted by molar-refractivity contribution is 7.99. The van der Waals surface area contributed by atoms with Crippen LogP contribution >= 0.6 is 34.7 Å². The first-order valence-corrected chi connectivity index (χ1v) is 11.6. The SMILES string of the molecule is Cc1ccc(NC(=O)CSc2ncc(S(=O)(=O)c3ccc(Cl)s3)c(N)n2)cc1F. The van der Waals surface area contributed by atoms with Gasteiger partial charge in [-0.3, -0.25) is 4.79 Å². The number of amides is 1. The molecular weight excluding hydrogens is 459 g/mol. The van der Waals surface area contributed by atoms with Crippen molar-refractivity contribution in [2.45, 2.75) is 21.2 Å². The lowest BCUT2D eigenvalue weighted by Crippen LogP contribution is -2.15. The topological polar surface area (TPSA) is 115 Å². The molecule has 0 atom stereocenters. The molecular formula is C17H14ClFN4O3S3. The van der Waals surface area contributed by atoms with Crippen molar-refractivity contribution in [3.8, 4) is 0 Å². The zero-order valence-electron chi connectivity index (χ0n) is 14.8. The molecule has 7 nitrogen and oxygen atoms in total. The van der Waals surface area contributed by atoms with Crippen molar-refractivity contribution in [3.05, 3.63) is 52.2 Å². The number of nitrogens with one attached hydrogen (secondary N) is 1. The van der Waals surface area contributed by atoms with Gasteiger partial charge in [-0.25, -0.2) is 22.8 Å². The zero-order valence-corrected chi connectivity index (χ0v) is 18.1. The van der Waals surface area contributed by atoms with Crippen LogP contribution < -0.4 is 11.1 Å². The average Bonchev–Trinajstić information content (AvgIpc) is 3.10. The molecule has 152 valence electrons. The maximum absolute atomic E-state index is 13.5. The molecule has 2 heterocycles. The van der Waals surface area contributed by atoms with Crippen molar-refractivity contribution in [2.75, 3.05) is 16.8 Å². The van der Waals surface area contributed by atoms with Gasteiger partial charge in [-0.05, 0) is 36.8 Å². The first-order valence-electron chi connectivity index (χ1n) is 7.98. The molecule has 1 amide bonds. The normalized spacial score (nSPS) is 11.4. The summed E-state index contributed by atoms with van der Waals surface area (Å²) < 4.78 is 39.1. The average molecular weight is 473 g/mol. The molecule has 0 radical (unpaired) electrons. The predicted octanol–water partition coefficient (Wildman–Crippen LogP) is 3.78. The Bertz CT molecular complexity index is 1180. The minimum atomic E-state index is -3.89. The smallest absolute Gasteiger partial charge is 0.234 e. The third-order valence-electron chi connectivity index (χ3n) is 3.65. The predicted molar refractivity (Wildman–Crippen MR) is 112 cm³/mol. The van der Waals surface area contributed by atoms with Gasteiger partial charge in [0.15, 0.2) is 5.16 Å². The molecule has 29 heavy (non-hydrogen) atoms. The summed E-state index contributed by atoms with van der Waals surface area (Å²) in [4.78, 5) is 19.7. The molecule has 0 fully saturated rings. The van der Waals surface area contributed by atoms with Gasteiger partial charge in [0.25, 0.3) is 0 Å². The fourth-order valence-corrected chi connectivity index (χ4v) is 5.68. The van der Waals surface area contributed by atoms with Crippen LogP contribution in [0.2, 0.25) is 4.34 Å². The highest BCUT2D eigenvalue weighted by Gasteiger charge is 2.24. The van der Waals surface area contributed by atoms with Gasteiger partial charge in [-0.15, -0.1) is 11.3 Å². The molecule has 0 unspecified atom stereocenters.